The molecule has 2 amide bonds. The van der Waals surface area contributed by atoms with E-state index in [0.29, 0.717) is 18.5 Å². The third kappa shape index (κ3) is 5.83. The second-order valence-electron chi connectivity index (χ2n) is 6.97. The minimum absolute atomic E-state index is 0.0920. The highest BCUT2D eigenvalue weighted by Crippen LogP contribution is 2.20. The van der Waals surface area contributed by atoms with E-state index in [2.05, 4.69) is 20.6 Å². The summed E-state index contributed by atoms with van der Waals surface area (Å²) in [5, 5.41) is 14.8. The summed E-state index contributed by atoms with van der Waals surface area (Å²) < 4.78 is 0. The fourth-order valence-corrected chi connectivity index (χ4v) is 2.41. The standard InChI is InChI=1S/C19H26N4O2/c1-19(2,3)17-20-12-15(13-21-17)22-18(25)23-16(10-7-11-24)14-8-5-4-6-9-14/h4-6,8-9,12-13,16,24H,7,10-11H2,1-3H3,(H2,22,23,25)/t16-/m0/s1. The Balaban J connectivity index is 2.01. The molecule has 0 spiro atoms. The molecular formula is C19H26N4O2. The summed E-state index contributed by atoms with van der Waals surface area (Å²) in [5.74, 6) is 0.726. The Morgan fingerprint density at radius 2 is 1.80 bits per heavy atom. The van der Waals surface area contributed by atoms with Gasteiger partial charge in [-0.25, -0.2) is 14.8 Å². The van der Waals surface area contributed by atoms with Gasteiger partial charge in [-0.3, -0.25) is 0 Å². The maximum Gasteiger partial charge on any atom is 0.319 e. The van der Waals surface area contributed by atoms with E-state index in [1.807, 2.05) is 51.1 Å². The topological polar surface area (TPSA) is 87.1 Å². The number of hydrogen-bond donors (Lipinski definition) is 3. The van der Waals surface area contributed by atoms with E-state index in [-0.39, 0.29) is 24.1 Å². The van der Waals surface area contributed by atoms with Crippen molar-refractivity contribution in [1.29, 1.82) is 0 Å². The van der Waals surface area contributed by atoms with Crippen LogP contribution in [-0.2, 0) is 5.41 Å². The SMILES string of the molecule is CC(C)(C)c1ncc(NC(=O)N[C@@H](CCCO)c2ccccc2)cn1. The van der Waals surface area contributed by atoms with E-state index in [1.165, 1.54) is 0 Å². The molecule has 1 aromatic carbocycles. The third-order valence-corrected chi connectivity index (χ3v) is 3.74. The van der Waals surface area contributed by atoms with E-state index in [4.69, 9.17) is 5.11 Å². The van der Waals surface area contributed by atoms with Crippen molar-refractivity contribution in [2.45, 2.75) is 45.1 Å². The van der Waals surface area contributed by atoms with E-state index in [9.17, 15) is 4.79 Å². The number of urea groups is 1. The first-order chi connectivity index (χ1) is 11.9. The molecular weight excluding hydrogens is 316 g/mol. The zero-order valence-electron chi connectivity index (χ0n) is 15.0. The molecule has 0 bridgehead atoms. The number of carbonyl (C=O) groups is 1. The molecule has 0 saturated heterocycles. The summed E-state index contributed by atoms with van der Waals surface area (Å²) >= 11 is 0. The van der Waals surface area contributed by atoms with Crippen molar-refractivity contribution >= 4 is 11.7 Å². The maximum atomic E-state index is 12.3. The van der Waals surface area contributed by atoms with E-state index in [1.54, 1.807) is 12.4 Å². The lowest BCUT2D eigenvalue weighted by molar-refractivity contribution is 0.243. The normalized spacial score (nSPS) is 12.5. The summed E-state index contributed by atoms with van der Waals surface area (Å²) in [6.07, 6.45) is 4.49. The van der Waals surface area contributed by atoms with Crippen molar-refractivity contribution in [2.24, 2.45) is 0 Å². The number of aliphatic hydroxyl groups is 1. The number of nitrogens with zero attached hydrogens (tertiary/aromatic N) is 2. The number of hydrogen-bond acceptors (Lipinski definition) is 4. The fraction of sp³-hybridized carbons (Fsp3) is 0.421. The van der Waals surface area contributed by atoms with Gasteiger partial charge in [0.15, 0.2) is 0 Å². The molecule has 6 nitrogen and oxygen atoms in total. The van der Waals surface area contributed by atoms with Crippen LogP contribution < -0.4 is 10.6 Å². The number of benzene rings is 1. The van der Waals surface area contributed by atoms with Gasteiger partial charge in [-0.05, 0) is 18.4 Å². The van der Waals surface area contributed by atoms with Gasteiger partial charge in [0.05, 0.1) is 24.1 Å². The first-order valence-electron chi connectivity index (χ1n) is 8.46. The van der Waals surface area contributed by atoms with Gasteiger partial charge >= 0.3 is 6.03 Å². The van der Waals surface area contributed by atoms with Crippen molar-refractivity contribution in [3.63, 3.8) is 0 Å². The monoisotopic (exact) mass is 342 g/mol. The Labute approximate surface area is 148 Å². The van der Waals surface area contributed by atoms with Crippen LogP contribution in [0.4, 0.5) is 10.5 Å². The number of nitrogens with one attached hydrogen (secondary N) is 2. The van der Waals surface area contributed by atoms with E-state index >= 15 is 0 Å². The van der Waals surface area contributed by atoms with Gasteiger partial charge in [-0.1, -0.05) is 51.1 Å². The molecule has 0 unspecified atom stereocenters. The molecule has 0 aliphatic heterocycles. The third-order valence-electron chi connectivity index (χ3n) is 3.74. The zero-order valence-corrected chi connectivity index (χ0v) is 15.0. The summed E-state index contributed by atoms with van der Waals surface area (Å²) in [6, 6.07) is 9.23. The van der Waals surface area contributed by atoms with Gasteiger partial charge in [0.25, 0.3) is 0 Å². The molecule has 134 valence electrons. The van der Waals surface area contributed by atoms with Crippen molar-refractivity contribution in [3.05, 3.63) is 54.1 Å². The molecule has 1 heterocycles. The zero-order chi connectivity index (χ0) is 18.3. The second kappa shape index (κ2) is 8.58. The number of rotatable bonds is 6. The average molecular weight is 342 g/mol. The lowest BCUT2D eigenvalue weighted by Gasteiger charge is -2.20. The predicted octanol–water partition coefficient (Wildman–Crippen LogP) is 3.41. The van der Waals surface area contributed by atoms with Crippen LogP contribution >= 0.6 is 0 Å². The summed E-state index contributed by atoms with van der Waals surface area (Å²) in [5.41, 5.74) is 1.41. The molecule has 0 radical (unpaired) electrons. The number of amides is 2. The molecule has 0 aliphatic rings. The van der Waals surface area contributed by atoms with Crippen LogP contribution in [0.1, 0.15) is 51.0 Å². The molecule has 2 aromatic rings. The average Bonchev–Trinajstić information content (AvgIpc) is 2.59. The largest absolute Gasteiger partial charge is 0.396 e. The Hall–Kier alpha value is -2.47. The highest BCUT2D eigenvalue weighted by Gasteiger charge is 2.18. The van der Waals surface area contributed by atoms with Gasteiger partial charge in [-0.15, -0.1) is 0 Å². The van der Waals surface area contributed by atoms with Gasteiger partial charge in [0.1, 0.15) is 5.82 Å². The molecule has 25 heavy (non-hydrogen) atoms. The minimum Gasteiger partial charge on any atom is -0.396 e. The van der Waals surface area contributed by atoms with Crippen LogP contribution in [0, 0.1) is 0 Å². The van der Waals surface area contributed by atoms with Crippen molar-refractivity contribution in [2.75, 3.05) is 11.9 Å². The molecule has 1 atom stereocenters. The van der Waals surface area contributed by atoms with Crippen molar-refractivity contribution < 1.29 is 9.90 Å². The van der Waals surface area contributed by atoms with Crippen molar-refractivity contribution in [1.82, 2.24) is 15.3 Å². The smallest absolute Gasteiger partial charge is 0.319 e. The minimum atomic E-state index is -0.320. The quantitative estimate of drug-likeness (QED) is 0.751. The maximum absolute atomic E-state index is 12.3. The molecule has 0 fully saturated rings. The molecule has 0 saturated carbocycles. The van der Waals surface area contributed by atoms with E-state index < -0.39 is 0 Å². The van der Waals surface area contributed by atoms with E-state index in [0.717, 1.165) is 11.4 Å². The second-order valence-corrected chi connectivity index (χ2v) is 6.97. The summed E-state index contributed by atoms with van der Waals surface area (Å²) in [6.45, 7) is 6.20. The highest BCUT2D eigenvalue weighted by atomic mass is 16.3. The lowest BCUT2D eigenvalue weighted by atomic mass is 9.96. The Morgan fingerprint density at radius 1 is 1.16 bits per heavy atom. The predicted molar refractivity (Wildman–Crippen MR) is 98.4 cm³/mol. The van der Waals surface area contributed by atoms with Crippen LogP contribution in [0.15, 0.2) is 42.7 Å². The molecule has 1 aromatic heterocycles. The lowest BCUT2D eigenvalue weighted by Crippen LogP contribution is -2.33. The van der Waals surface area contributed by atoms with Crippen LogP contribution in [0.2, 0.25) is 0 Å². The number of carbonyl (C=O) groups excluding carboxylic acids is 1. The number of anilines is 1. The van der Waals surface area contributed by atoms with Gasteiger partial charge < -0.3 is 15.7 Å². The molecule has 6 heteroatoms. The Kier molecular flexibility index (Phi) is 6.47. The number of aliphatic hydroxyl groups excluding tert-OH is 1. The van der Waals surface area contributed by atoms with Crippen LogP contribution in [-0.4, -0.2) is 27.7 Å². The Bertz CT molecular complexity index is 666. The first kappa shape index (κ1) is 18.9. The Morgan fingerprint density at radius 3 is 2.36 bits per heavy atom. The summed E-state index contributed by atoms with van der Waals surface area (Å²) in [7, 11) is 0. The van der Waals surface area contributed by atoms with Crippen LogP contribution in [0.5, 0.6) is 0 Å². The van der Waals surface area contributed by atoms with Gasteiger partial charge in [0.2, 0.25) is 0 Å². The summed E-state index contributed by atoms with van der Waals surface area (Å²) in [4.78, 5) is 20.9. The van der Waals surface area contributed by atoms with Crippen molar-refractivity contribution in [3.8, 4) is 0 Å². The van der Waals surface area contributed by atoms with Crippen LogP contribution in [0.25, 0.3) is 0 Å². The van der Waals surface area contributed by atoms with Gasteiger partial charge in [0, 0.05) is 12.0 Å². The first-order valence-corrected chi connectivity index (χ1v) is 8.46. The molecule has 2 rings (SSSR count). The number of aromatic nitrogens is 2. The van der Waals surface area contributed by atoms with Gasteiger partial charge in [-0.2, -0.15) is 0 Å². The highest BCUT2D eigenvalue weighted by molar-refractivity contribution is 5.89. The van der Waals surface area contributed by atoms with Crippen LogP contribution in [0.3, 0.4) is 0 Å². The molecule has 3 N–H and O–H groups in total. The molecule has 0 aliphatic carbocycles. The fourth-order valence-electron chi connectivity index (χ4n) is 2.41.